The lowest BCUT2D eigenvalue weighted by atomic mass is 10.1. The Morgan fingerprint density at radius 3 is 2.69 bits per heavy atom. The van der Waals surface area contributed by atoms with Crippen LogP contribution in [0.3, 0.4) is 0 Å². The number of nitrogens with zero attached hydrogens (tertiary/aromatic N) is 2. The average molecular weight is 228 g/mol. The number of rotatable bonds is 2. The van der Waals surface area contributed by atoms with Gasteiger partial charge in [0, 0.05) is 6.42 Å². The van der Waals surface area contributed by atoms with Crippen LogP contribution in [0.25, 0.3) is 0 Å². The van der Waals surface area contributed by atoms with Crippen molar-refractivity contribution in [1.82, 2.24) is 10.1 Å². The quantitative estimate of drug-likeness (QED) is 0.793. The zero-order chi connectivity index (χ0) is 11.6. The molecule has 16 heavy (non-hydrogen) atoms. The molecule has 0 amide bonds. The third kappa shape index (κ3) is 2.39. The minimum Gasteiger partial charge on any atom is -0.343 e. The van der Waals surface area contributed by atoms with Gasteiger partial charge in [0.05, 0.1) is 5.56 Å². The Balaban J connectivity index is 2.23. The molecule has 0 saturated heterocycles. The molecule has 6 heteroatoms. The number of hydrogen-bond donors (Lipinski definition) is 0. The van der Waals surface area contributed by atoms with Crippen molar-refractivity contribution in [3.63, 3.8) is 0 Å². The fraction of sp³-hybridized carbons (Fsp3) is 0.200. The number of hydrogen-bond acceptors (Lipinski definition) is 3. The van der Waals surface area contributed by atoms with E-state index in [0.717, 1.165) is 18.5 Å². The first-order valence-corrected chi connectivity index (χ1v) is 4.47. The fourth-order valence-corrected chi connectivity index (χ4v) is 1.31. The summed E-state index contributed by atoms with van der Waals surface area (Å²) in [6.45, 7) is 0. The average Bonchev–Trinajstić information content (AvgIpc) is 2.70. The molecule has 0 unspecified atom stereocenters. The topological polar surface area (TPSA) is 38.9 Å². The molecule has 2 aromatic rings. The van der Waals surface area contributed by atoms with Crippen LogP contribution in [-0.2, 0) is 12.6 Å². The van der Waals surface area contributed by atoms with Gasteiger partial charge in [-0.2, -0.15) is 18.2 Å². The lowest BCUT2D eigenvalue weighted by molar-refractivity contribution is -0.137. The molecule has 84 valence electrons. The molecule has 1 aromatic carbocycles. The highest BCUT2D eigenvalue weighted by molar-refractivity contribution is 5.27. The second-order valence-electron chi connectivity index (χ2n) is 3.22. The van der Waals surface area contributed by atoms with Crippen molar-refractivity contribution in [2.75, 3.05) is 0 Å². The molecule has 0 bridgehead atoms. The molecular formula is C10H7F3N2O. The van der Waals surface area contributed by atoms with E-state index in [0.29, 0.717) is 11.4 Å². The van der Waals surface area contributed by atoms with Crippen molar-refractivity contribution in [3.05, 3.63) is 47.6 Å². The maximum Gasteiger partial charge on any atom is 0.416 e. The van der Waals surface area contributed by atoms with E-state index in [2.05, 4.69) is 14.7 Å². The zero-order valence-electron chi connectivity index (χ0n) is 8.03. The van der Waals surface area contributed by atoms with Crippen LogP contribution >= 0.6 is 0 Å². The minimum atomic E-state index is -4.33. The molecule has 0 radical (unpaired) electrons. The number of alkyl halides is 3. The molecule has 0 aliphatic rings. The molecule has 3 nitrogen and oxygen atoms in total. The van der Waals surface area contributed by atoms with Crippen molar-refractivity contribution < 1.29 is 17.7 Å². The van der Waals surface area contributed by atoms with E-state index in [-0.39, 0.29) is 6.42 Å². The van der Waals surface area contributed by atoms with Crippen molar-refractivity contribution in [3.8, 4) is 0 Å². The maximum absolute atomic E-state index is 12.4. The van der Waals surface area contributed by atoms with Gasteiger partial charge in [-0.05, 0) is 11.6 Å². The van der Waals surface area contributed by atoms with Crippen LogP contribution in [0, 0.1) is 0 Å². The summed E-state index contributed by atoms with van der Waals surface area (Å²) >= 11 is 0. The van der Waals surface area contributed by atoms with Crippen molar-refractivity contribution >= 4 is 0 Å². The first-order chi connectivity index (χ1) is 7.55. The summed E-state index contributed by atoms with van der Waals surface area (Å²) in [5.74, 6) is 0.360. The molecule has 1 aromatic heterocycles. The summed E-state index contributed by atoms with van der Waals surface area (Å²) in [6.07, 6.45) is -2.96. The van der Waals surface area contributed by atoms with Gasteiger partial charge in [-0.15, -0.1) is 0 Å². The van der Waals surface area contributed by atoms with Crippen LogP contribution in [0.2, 0.25) is 0 Å². The summed E-state index contributed by atoms with van der Waals surface area (Å²) < 4.78 is 41.7. The highest BCUT2D eigenvalue weighted by Gasteiger charge is 2.30. The lowest BCUT2D eigenvalue weighted by Crippen LogP contribution is -2.05. The van der Waals surface area contributed by atoms with Crippen LogP contribution in [-0.4, -0.2) is 10.1 Å². The molecule has 0 saturated carbocycles. The second kappa shape index (κ2) is 3.96. The molecule has 0 spiro atoms. The first kappa shape index (κ1) is 10.7. The van der Waals surface area contributed by atoms with Crippen LogP contribution in [0.1, 0.15) is 17.0 Å². The Morgan fingerprint density at radius 2 is 2.06 bits per heavy atom. The smallest absolute Gasteiger partial charge is 0.343 e. The van der Waals surface area contributed by atoms with Gasteiger partial charge in [0.2, 0.25) is 6.39 Å². The van der Waals surface area contributed by atoms with Crippen molar-refractivity contribution in [2.24, 2.45) is 0 Å². The SMILES string of the molecule is FC(F)(F)c1cccc(Cc2ncon2)c1. The van der Waals surface area contributed by atoms with Gasteiger partial charge in [0.15, 0.2) is 5.82 Å². The summed E-state index contributed by atoms with van der Waals surface area (Å²) in [6, 6.07) is 5.06. The maximum atomic E-state index is 12.4. The van der Waals surface area contributed by atoms with Gasteiger partial charge in [0.25, 0.3) is 0 Å². The van der Waals surface area contributed by atoms with E-state index in [1.54, 1.807) is 6.07 Å². The molecule has 2 rings (SSSR count). The van der Waals surface area contributed by atoms with Crippen LogP contribution in [0.4, 0.5) is 13.2 Å². The van der Waals surface area contributed by atoms with E-state index in [9.17, 15) is 13.2 Å². The number of aromatic nitrogens is 2. The predicted molar refractivity (Wildman–Crippen MR) is 48.5 cm³/mol. The van der Waals surface area contributed by atoms with Crippen molar-refractivity contribution in [2.45, 2.75) is 12.6 Å². The Labute approximate surface area is 88.9 Å². The van der Waals surface area contributed by atoms with E-state index in [1.165, 1.54) is 6.07 Å². The monoisotopic (exact) mass is 228 g/mol. The largest absolute Gasteiger partial charge is 0.416 e. The van der Waals surface area contributed by atoms with Crippen LogP contribution in [0.15, 0.2) is 35.2 Å². The Bertz CT molecular complexity index is 465. The van der Waals surface area contributed by atoms with Crippen LogP contribution < -0.4 is 0 Å². The standard InChI is InChI=1S/C10H7F3N2O/c11-10(12,13)8-3-1-2-7(4-8)5-9-14-6-16-15-9/h1-4,6H,5H2. The normalized spacial score (nSPS) is 11.7. The summed E-state index contributed by atoms with van der Waals surface area (Å²) in [4.78, 5) is 3.74. The molecule has 0 atom stereocenters. The number of halogens is 3. The van der Waals surface area contributed by atoms with Gasteiger partial charge >= 0.3 is 6.18 Å². The summed E-state index contributed by atoms with van der Waals surface area (Å²) in [5, 5.41) is 3.54. The molecule has 0 N–H and O–H groups in total. The van der Waals surface area contributed by atoms with E-state index >= 15 is 0 Å². The van der Waals surface area contributed by atoms with Gasteiger partial charge in [-0.3, -0.25) is 0 Å². The molecule has 0 aliphatic carbocycles. The number of benzene rings is 1. The van der Waals surface area contributed by atoms with E-state index in [1.807, 2.05) is 0 Å². The Kier molecular flexibility index (Phi) is 2.64. The Morgan fingerprint density at radius 1 is 1.25 bits per heavy atom. The highest BCUT2D eigenvalue weighted by atomic mass is 19.4. The van der Waals surface area contributed by atoms with Gasteiger partial charge in [0.1, 0.15) is 0 Å². The van der Waals surface area contributed by atoms with E-state index < -0.39 is 11.7 Å². The molecule has 0 fully saturated rings. The Hall–Kier alpha value is -1.85. The highest BCUT2D eigenvalue weighted by Crippen LogP contribution is 2.29. The molecule has 0 aliphatic heterocycles. The predicted octanol–water partition coefficient (Wildman–Crippen LogP) is 2.68. The van der Waals surface area contributed by atoms with Crippen LogP contribution in [0.5, 0.6) is 0 Å². The zero-order valence-corrected chi connectivity index (χ0v) is 8.03. The minimum absolute atomic E-state index is 0.223. The summed E-state index contributed by atoms with van der Waals surface area (Å²) in [7, 11) is 0. The van der Waals surface area contributed by atoms with Gasteiger partial charge < -0.3 is 4.52 Å². The molecule has 1 heterocycles. The van der Waals surface area contributed by atoms with E-state index in [4.69, 9.17) is 0 Å². The van der Waals surface area contributed by atoms with Gasteiger partial charge in [-0.1, -0.05) is 23.4 Å². The van der Waals surface area contributed by atoms with Gasteiger partial charge in [-0.25, -0.2) is 0 Å². The third-order valence-electron chi connectivity index (χ3n) is 2.02. The fourth-order valence-electron chi connectivity index (χ4n) is 1.31. The summed E-state index contributed by atoms with van der Waals surface area (Å²) in [5.41, 5.74) is -0.176. The van der Waals surface area contributed by atoms with Crippen molar-refractivity contribution in [1.29, 1.82) is 0 Å². The lowest BCUT2D eigenvalue weighted by Gasteiger charge is -2.07. The first-order valence-electron chi connectivity index (χ1n) is 4.47. The third-order valence-corrected chi connectivity index (χ3v) is 2.02. The molecular weight excluding hydrogens is 221 g/mol. The second-order valence-corrected chi connectivity index (χ2v) is 3.22.